The molecule has 0 aliphatic rings. The van der Waals surface area contributed by atoms with Gasteiger partial charge in [0.1, 0.15) is 0 Å². The lowest BCUT2D eigenvalue weighted by Gasteiger charge is -2.02. The number of aryl methyl sites for hydroxylation is 1. The van der Waals surface area contributed by atoms with E-state index in [-0.39, 0.29) is 6.61 Å². The van der Waals surface area contributed by atoms with E-state index in [0.717, 1.165) is 16.8 Å². The summed E-state index contributed by atoms with van der Waals surface area (Å²) in [4.78, 5) is 0. The summed E-state index contributed by atoms with van der Waals surface area (Å²) in [5.74, 6) is 5.93. The maximum Gasteiger partial charge on any atom is 0.0815 e. The number of benzene rings is 1. The van der Waals surface area contributed by atoms with Gasteiger partial charge in [-0.3, -0.25) is 4.68 Å². The second-order valence-corrected chi connectivity index (χ2v) is 4.64. The molecule has 0 unspecified atom stereocenters. The Morgan fingerprint density at radius 2 is 2.26 bits per heavy atom. The smallest absolute Gasteiger partial charge is 0.0815 e. The Kier molecular flexibility index (Phi) is 4.62. The number of aromatic nitrogens is 2. The summed E-state index contributed by atoms with van der Waals surface area (Å²) in [5.41, 5.74) is 2.90. The highest BCUT2D eigenvalue weighted by atomic mass is 35.5. The van der Waals surface area contributed by atoms with E-state index < -0.39 is 0 Å². The van der Waals surface area contributed by atoms with E-state index >= 15 is 0 Å². The van der Waals surface area contributed by atoms with Crippen molar-refractivity contribution in [2.45, 2.75) is 19.9 Å². The highest BCUT2D eigenvalue weighted by Gasteiger charge is 2.02. The number of rotatable bonds is 3. The van der Waals surface area contributed by atoms with Crippen LogP contribution in [-0.4, -0.2) is 21.5 Å². The quantitative estimate of drug-likeness (QED) is 0.874. The molecule has 0 aliphatic heterocycles. The van der Waals surface area contributed by atoms with Gasteiger partial charge < -0.3 is 5.11 Å². The minimum Gasteiger partial charge on any atom is -0.395 e. The fraction of sp³-hybridized carbons (Fsp3) is 0.267. The van der Waals surface area contributed by atoms with Crippen molar-refractivity contribution >= 4 is 11.6 Å². The number of hydrogen-bond acceptors (Lipinski definition) is 2. The van der Waals surface area contributed by atoms with Crippen LogP contribution < -0.4 is 0 Å². The molecule has 0 bridgehead atoms. The monoisotopic (exact) mass is 274 g/mol. The van der Waals surface area contributed by atoms with Crippen LogP contribution in [0.15, 0.2) is 30.5 Å². The fourth-order valence-electron chi connectivity index (χ4n) is 1.73. The number of nitrogens with zero attached hydrogens (tertiary/aromatic N) is 2. The minimum absolute atomic E-state index is 0.0950. The Bertz CT molecular complexity index is 603. The Morgan fingerprint density at radius 3 is 2.95 bits per heavy atom. The van der Waals surface area contributed by atoms with Crippen LogP contribution in [0, 0.1) is 18.8 Å². The zero-order valence-corrected chi connectivity index (χ0v) is 11.5. The van der Waals surface area contributed by atoms with Crippen molar-refractivity contribution in [3.8, 4) is 11.8 Å². The lowest BCUT2D eigenvalue weighted by molar-refractivity contribution is 0.305. The van der Waals surface area contributed by atoms with Gasteiger partial charge in [0, 0.05) is 18.2 Å². The highest BCUT2D eigenvalue weighted by molar-refractivity contribution is 6.31. The normalized spacial score (nSPS) is 10.1. The van der Waals surface area contributed by atoms with Gasteiger partial charge in [0.25, 0.3) is 0 Å². The van der Waals surface area contributed by atoms with E-state index in [0.29, 0.717) is 18.0 Å². The van der Waals surface area contributed by atoms with Crippen molar-refractivity contribution in [1.82, 2.24) is 9.78 Å². The predicted molar refractivity (Wildman–Crippen MR) is 76.1 cm³/mol. The van der Waals surface area contributed by atoms with E-state index in [9.17, 15) is 0 Å². The van der Waals surface area contributed by atoms with E-state index in [1.807, 2.05) is 42.1 Å². The molecule has 0 radical (unpaired) electrons. The molecule has 0 amide bonds. The third kappa shape index (κ3) is 3.85. The molecule has 98 valence electrons. The van der Waals surface area contributed by atoms with E-state index in [1.54, 1.807) is 0 Å². The van der Waals surface area contributed by atoms with Crippen molar-refractivity contribution in [3.63, 3.8) is 0 Å². The first-order valence-electron chi connectivity index (χ1n) is 6.07. The standard InChI is InChI=1S/C15H15ClN2O/c1-12-15(16)11-18(17-12)10-14-7-4-6-13(9-14)5-2-3-8-19/h4,6-7,9,11,19H,3,8,10H2,1H3. The van der Waals surface area contributed by atoms with Gasteiger partial charge in [0.15, 0.2) is 0 Å². The zero-order chi connectivity index (χ0) is 13.7. The summed E-state index contributed by atoms with van der Waals surface area (Å²) in [6, 6.07) is 7.98. The molecule has 19 heavy (non-hydrogen) atoms. The van der Waals surface area contributed by atoms with Crippen LogP contribution in [0.25, 0.3) is 0 Å². The van der Waals surface area contributed by atoms with Gasteiger partial charge in [-0.05, 0) is 24.6 Å². The topological polar surface area (TPSA) is 38.0 Å². The first-order valence-corrected chi connectivity index (χ1v) is 6.45. The van der Waals surface area contributed by atoms with Crippen molar-refractivity contribution in [2.75, 3.05) is 6.61 Å². The zero-order valence-electron chi connectivity index (χ0n) is 10.7. The van der Waals surface area contributed by atoms with Gasteiger partial charge in [-0.25, -0.2) is 0 Å². The second-order valence-electron chi connectivity index (χ2n) is 4.24. The third-order valence-corrected chi connectivity index (χ3v) is 3.00. The number of aliphatic hydroxyl groups is 1. The molecule has 1 aromatic carbocycles. The molecule has 2 aromatic rings. The molecule has 0 fully saturated rings. The Morgan fingerprint density at radius 1 is 1.42 bits per heavy atom. The van der Waals surface area contributed by atoms with Crippen LogP contribution in [-0.2, 0) is 6.54 Å². The Labute approximate surface area is 117 Å². The molecule has 0 aliphatic carbocycles. The summed E-state index contributed by atoms with van der Waals surface area (Å²) in [6.45, 7) is 2.65. The second kappa shape index (κ2) is 6.42. The molecule has 1 aromatic heterocycles. The molecule has 0 saturated heterocycles. The van der Waals surface area contributed by atoms with E-state index in [4.69, 9.17) is 16.7 Å². The highest BCUT2D eigenvalue weighted by Crippen LogP contribution is 2.14. The average Bonchev–Trinajstić information content (AvgIpc) is 2.69. The molecule has 3 nitrogen and oxygen atoms in total. The molecule has 1 heterocycles. The average molecular weight is 275 g/mol. The van der Waals surface area contributed by atoms with Crippen LogP contribution in [0.1, 0.15) is 23.2 Å². The van der Waals surface area contributed by atoms with E-state index in [1.165, 1.54) is 0 Å². The van der Waals surface area contributed by atoms with Crippen molar-refractivity contribution in [2.24, 2.45) is 0 Å². The summed E-state index contributed by atoms with van der Waals surface area (Å²) in [5, 5.41) is 13.7. The molecule has 2 rings (SSSR count). The summed E-state index contributed by atoms with van der Waals surface area (Å²) in [6.07, 6.45) is 2.32. The van der Waals surface area contributed by atoms with Gasteiger partial charge >= 0.3 is 0 Å². The minimum atomic E-state index is 0.0950. The van der Waals surface area contributed by atoms with Gasteiger partial charge in [-0.15, -0.1) is 0 Å². The molecular weight excluding hydrogens is 260 g/mol. The molecule has 1 N–H and O–H groups in total. The maximum absolute atomic E-state index is 8.70. The fourth-order valence-corrected chi connectivity index (χ4v) is 1.88. The van der Waals surface area contributed by atoms with Crippen LogP contribution in [0.2, 0.25) is 5.02 Å². The number of halogens is 1. The molecule has 0 spiro atoms. The first-order chi connectivity index (χ1) is 9.19. The largest absolute Gasteiger partial charge is 0.395 e. The van der Waals surface area contributed by atoms with Crippen molar-refractivity contribution < 1.29 is 5.11 Å². The van der Waals surface area contributed by atoms with Gasteiger partial charge in [-0.2, -0.15) is 5.10 Å². The van der Waals surface area contributed by atoms with Crippen molar-refractivity contribution in [1.29, 1.82) is 0 Å². The number of hydrogen-bond donors (Lipinski definition) is 1. The summed E-state index contributed by atoms with van der Waals surface area (Å²) < 4.78 is 1.82. The molecule has 4 heteroatoms. The SMILES string of the molecule is Cc1nn(Cc2cccc(C#CCCO)c2)cc1Cl. The molecule has 0 saturated carbocycles. The van der Waals surface area contributed by atoms with Gasteiger partial charge in [0.05, 0.1) is 23.9 Å². The van der Waals surface area contributed by atoms with Crippen LogP contribution in [0.5, 0.6) is 0 Å². The van der Waals surface area contributed by atoms with Crippen LogP contribution in [0.4, 0.5) is 0 Å². The third-order valence-electron chi connectivity index (χ3n) is 2.63. The predicted octanol–water partition coefficient (Wildman–Crippen LogP) is 2.63. The first kappa shape index (κ1) is 13.7. The summed E-state index contributed by atoms with van der Waals surface area (Å²) in [7, 11) is 0. The van der Waals surface area contributed by atoms with Crippen molar-refractivity contribution in [3.05, 3.63) is 52.3 Å². The van der Waals surface area contributed by atoms with Crippen LogP contribution in [0.3, 0.4) is 0 Å². The van der Waals surface area contributed by atoms with Crippen LogP contribution >= 0.6 is 11.6 Å². The molecular formula is C15H15ClN2O. The molecule has 0 atom stereocenters. The summed E-state index contributed by atoms with van der Waals surface area (Å²) >= 11 is 5.98. The lowest BCUT2D eigenvalue weighted by Crippen LogP contribution is -2.00. The lowest BCUT2D eigenvalue weighted by atomic mass is 10.1. The maximum atomic E-state index is 8.70. The van der Waals surface area contributed by atoms with Gasteiger partial charge in [-0.1, -0.05) is 35.6 Å². The Balaban J connectivity index is 2.13. The van der Waals surface area contributed by atoms with E-state index in [2.05, 4.69) is 16.9 Å². The number of aliphatic hydroxyl groups excluding tert-OH is 1. The Hall–Kier alpha value is -1.76. The van der Waals surface area contributed by atoms with Gasteiger partial charge in [0.2, 0.25) is 0 Å².